The molecule has 0 amide bonds. The summed E-state index contributed by atoms with van der Waals surface area (Å²) >= 11 is 0. The molecule has 4 heteroatoms. The van der Waals surface area contributed by atoms with E-state index in [0.29, 0.717) is 5.69 Å². The first-order valence-electron chi connectivity index (χ1n) is 4.95. The first kappa shape index (κ1) is 9.86. The van der Waals surface area contributed by atoms with E-state index in [2.05, 4.69) is 29.4 Å². The van der Waals surface area contributed by atoms with Crippen LogP contribution in [-0.2, 0) is 13.0 Å². The van der Waals surface area contributed by atoms with E-state index in [0.717, 1.165) is 12.1 Å². The molecule has 0 saturated heterocycles. The van der Waals surface area contributed by atoms with Gasteiger partial charge in [-0.25, -0.2) is 4.68 Å². The zero-order valence-corrected chi connectivity index (χ0v) is 8.59. The average molecular weight is 203 g/mol. The van der Waals surface area contributed by atoms with Gasteiger partial charge in [0.15, 0.2) is 0 Å². The van der Waals surface area contributed by atoms with Crippen LogP contribution >= 0.6 is 0 Å². The van der Waals surface area contributed by atoms with Crippen molar-refractivity contribution in [3.05, 3.63) is 41.7 Å². The van der Waals surface area contributed by atoms with Crippen molar-refractivity contribution in [1.82, 2.24) is 15.0 Å². The third-order valence-electron chi connectivity index (χ3n) is 2.31. The Morgan fingerprint density at radius 1 is 1.27 bits per heavy atom. The van der Waals surface area contributed by atoms with Gasteiger partial charge in [0.25, 0.3) is 0 Å². The largest absolute Gasteiger partial charge is 0.390 e. The van der Waals surface area contributed by atoms with Gasteiger partial charge in [-0.2, -0.15) is 0 Å². The van der Waals surface area contributed by atoms with Gasteiger partial charge in [-0.15, -0.1) is 5.10 Å². The van der Waals surface area contributed by atoms with Gasteiger partial charge in [0, 0.05) is 0 Å². The molecule has 0 aliphatic rings. The molecule has 15 heavy (non-hydrogen) atoms. The number of aryl methyl sites for hydroxylation is 1. The summed E-state index contributed by atoms with van der Waals surface area (Å²) in [6.45, 7) is 2.04. The summed E-state index contributed by atoms with van der Waals surface area (Å²) in [6, 6.07) is 8.12. The van der Waals surface area contributed by atoms with Crippen LogP contribution in [0.4, 0.5) is 0 Å². The van der Waals surface area contributed by atoms with Crippen LogP contribution in [0.15, 0.2) is 30.5 Å². The number of aromatic nitrogens is 3. The Labute approximate surface area is 88.2 Å². The predicted octanol–water partition coefficient (Wildman–Crippen LogP) is 1.32. The summed E-state index contributed by atoms with van der Waals surface area (Å²) in [5.74, 6) is 0. The van der Waals surface area contributed by atoms with Gasteiger partial charge in [0.05, 0.1) is 18.5 Å². The highest BCUT2D eigenvalue weighted by atomic mass is 16.3. The van der Waals surface area contributed by atoms with Crippen molar-refractivity contribution in [1.29, 1.82) is 0 Å². The number of aliphatic hydroxyl groups is 1. The Morgan fingerprint density at radius 2 is 2.00 bits per heavy atom. The monoisotopic (exact) mass is 203 g/mol. The van der Waals surface area contributed by atoms with E-state index < -0.39 is 0 Å². The first-order valence-corrected chi connectivity index (χ1v) is 4.95. The van der Waals surface area contributed by atoms with E-state index in [1.807, 2.05) is 12.1 Å². The molecule has 0 atom stereocenters. The molecule has 0 unspecified atom stereocenters. The Balaban J connectivity index is 2.28. The number of aliphatic hydroxyl groups excluding tert-OH is 1. The fourth-order valence-electron chi connectivity index (χ4n) is 1.38. The van der Waals surface area contributed by atoms with Crippen LogP contribution in [0.1, 0.15) is 18.2 Å². The fourth-order valence-corrected chi connectivity index (χ4v) is 1.38. The summed E-state index contributed by atoms with van der Waals surface area (Å²) in [7, 11) is 0. The normalized spacial score (nSPS) is 10.5. The number of rotatable bonds is 3. The summed E-state index contributed by atoms with van der Waals surface area (Å²) < 4.78 is 1.66. The number of hydrogen-bond acceptors (Lipinski definition) is 3. The van der Waals surface area contributed by atoms with Crippen molar-refractivity contribution in [2.45, 2.75) is 20.0 Å². The molecule has 0 radical (unpaired) electrons. The van der Waals surface area contributed by atoms with Gasteiger partial charge >= 0.3 is 0 Å². The lowest BCUT2D eigenvalue weighted by atomic mass is 10.1. The molecule has 1 N–H and O–H groups in total. The molecule has 78 valence electrons. The van der Waals surface area contributed by atoms with E-state index in [1.54, 1.807) is 10.9 Å². The van der Waals surface area contributed by atoms with Gasteiger partial charge in [-0.05, 0) is 24.1 Å². The second-order valence-electron chi connectivity index (χ2n) is 3.33. The van der Waals surface area contributed by atoms with Gasteiger partial charge in [0.1, 0.15) is 5.69 Å². The third kappa shape index (κ3) is 2.05. The SMILES string of the molecule is CCc1ccc(-n2cc(CO)nn2)cc1. The minimum absolute atomic E-state index is 0.0763. The minimum atomic E-state index is -0.0763. The molecule has 0 fully saturated rings. The summed E-state index contributed by atoms with van der Waals surface area (Å²) in [5, 5.41) is 16.6. The Morgan fingerprint density at radius 3 is 2.53 bits per heavy atom. The maximum Gasteiger partial charge on any atom is 0.109 e. The molecule has 2 aromatic rings. The van der Waals surface area contributed by atoms with Gasteiger partial charge in [0.2, 0.25) is 0 Å². The molecule has 0 aliphatic carbocycles. The standard InChI is InChI=1S/C11H13N3O/c1-2-9-3-5-11(6-4-9)14-7-10(8-15)12-13-14/h3-7,15H,2,8H2,1H3. The van der Waals surface area contributed by atoms with Gasteiger partial charge in [-0.1, -0.05) is 24.3 Å². The van der Waals surface area contributed by atoms with E-state index in [1.165, 1.54) is 5.56 Å². The Bertz CT molecular complexity index is 433. The molecule has 0 aliphatic heterocycles. The van der Waals surface area contributed by atoms with Crippen molar-refractivity contribution in [3.63, 3.8) is 0 Å². The highest BCUT2D eigenvalue weighted by molar-refractivity contribution is 5.33. The van der Waals surface area contributed by atoms with E-state index in [4.69, 9.17) is 5.11 Å². The molecule has 1 heterocycles. The van der Waals surface area contributed by atoms with Crippen molar-refractivity contribution in [2.24, 2.45) is 0 Å². The van der Waals surface area contributed by atoms with Gasteiger partial charge < -0.3 is 5.11 Å². The maximum atomic E-state index is 8.86. The second kappa shape index (κ2) is 4.23. The van der Waals surface area contributed by atoms with Crippen molar-refractivity contribution in [2.75, 3.05) is 0 Å². The fraction of sp³-hybridized carbons (Fsp3) is 0.273. The minimum Gasteiger partial charge on any atom is -0.390 e. The van der Waals surface area contributed by atoms with Crippen LogP contribution < -0.4 is 0 Å². The molecule has 4 nitrogen and oxygen atoms in total. The maximum absolute atomic E-state index is 8.86. The summed E-state index contributed by atoms with van der Waals surface area (Å²) in [6.07, 6.45) is 2.75. The zero-order chi connectivity index (χ0) is 10.7. The lowest BCUT2D eigenvalue weighted by Crippen LogP contribution is -1.94. The van der Waals surface area contributed by atoms with Crippen LogP contribution in [0, 0.1) is 0 Å². The van der Waals surface area contributed by atoms with Crippen molar-refractivity contribution < 1.29 is 5.11 Å². The molecule has 1 aromatic carbocycles. The average Bonchev–Trinajstić information content (AvgIpc) is 2.78. The number of nitrogens with zero attached hydrogens (tertiary/aromatic N) is 3. The topological polar surface area (TPSA) is 50.9 Å². The van der Waals surface area contributed by atoms with Crippen LogP contribution in [0.5, 0.6) is 0 Å². The molecule has 2 rings (SSSR count). The highest BCUT2D eigenvalue weighted by Crippen LogP contribution is 2.09. The first-order chi connectivity index (χ1) is 7.33. The van der Waals surface area contributed by atoms with Crippen LogP contribution in [0.2, 0.25) is 0 Å². The lowest BCUT2D eigenvalue weighted by molar-refractivity contribution is 0.276. The van der Waals surface area contributed by atoms with Crippen LogP contribution in [0.25, 0.3) is 5.69 Å². The van der Waals surface area contributed by atoms with Gasteiger partial charge in [-0.3, -0.25) is 0 Å². The van der Waals surface area contributed by atoms with E-state index in [9.17, 15) is 0 Å². The molecule has 0 bridgehead atoms. The molecule has 1 aromatic heterocycles. The van der Waals surface area contributed by atoms with Crippen molar-refractivity contribution >= 4 is 0 Å². The molecular weight excluding hydrogens is 190 g/mol. The van der Waals surface area contributed by atoms with Crippen molar-refractivity contribution in [3.8, 4) is 5.69 Å². The third-order valence-corrected chi connectivity index (χ3v) is 2.31. The highest BCUT2D eigenvalue weighted by Gasteiger charge is 2.00. The second-order valence-corrected chi connectivity index (χ2v) is 3.33. The Kier molecular flexibility index (Phi) is 2.78. The Hall–Kier alpha value is -1.68. The summed E-state index contributed by atoms with van der Waals surface area (Å²) in [5.41, 5.74) is 2.83. The molecular formula is C11H13N3O. The molecule has 0 saturated carbocycles. The number of benzene rings is 1. The van der Waals surface area contributed by atoms with E-state index in [-0.39, 0.29) is 6.61 Å². The van der Waals surface area contributed by atoms with Crippen LogP contribution in [-0.4, -0.2) is 20.1 Å². The zero-order valence-electron chi connectivity index (χ0n) is 8.59. The number of hydrogen-bond donors (Lipinski definition) is 1. The lowest BCUT2D eigenvalue weighted by Gasteiger charge is -2.00. The quantitative estimate of drug-likeness (QED) is 0.818. The van der Waals surface area contributed by atoms with Crippen LogP contribution in [0.3, 0.4) is 0 Å². The van der Waals surface area contributed by atoms with E-state index >= 15 is 0 Å². The smallest absolute Gasteiger partial charge is 0.109 e. The molecule has 0 spiro atoms. The summed E-state index contributed by atoms with van der Waals surface area (Å²) in [4.78, 5) is 0. The predicted molar refractivity (Wildman–Crippen MR) is 56.7 cm³/mol.